The first-order valence-corrected chi connectivity index (χ1v) is 6.54. The van der Waals surface area contributed by atoms with E-state index in [-0.39, 0.29) is 6.10 Å². The Balaban J connectivity index is 1.82. The Morgan fingerprint density at radius 2 is 2.25 bits per heavy atom. The van der Waals surface area contributed by atoms with Gasteiger partial charge in [0, 0.05) is 24.9 Å². The molecule has 2 rings (SSSR count). The van der Waals surface area contributed by atoms with Crippen molar-refractivity contribution in [1.82, 2.24) is 5.32 Å². The molecule has 2 N–H and O–H groups in total. The van der Waals surface area contributed by atoms with Crippen molar-refractivity contribution in [2.24, 2.45) is 0 Å². The minimum Gasteiger partial charge on any atom is -0.497 e. The van der Waals surface area contributed by atoms with Crippen LogP contribution in [0.1, 0.15) is 12.8 Å². The van der Waals surface area contributed by atoms with Gasteiger partial charge in [-0.2, -0.15) is 0 Å². The number of carbonyl (C=O) groups is 2. The van der Waals surface area contributed by atoms with Crippen molar-refractivity contribution < 1.29 is 19.1 Å². The number of carbonyl (C=O) groups excluding carboxylic acids is 2. The summed E-state index contributed by atoms with van der Waals surface area (Å²) < 4.78 is 10.4. The van der Waals surface area contributed by atoms with E-state index in [1.54, 1.807) is 24.3 Å². The molecule has 20 heavy (non-hydrogen) atoms. The van der Waals surface area contributed by atoms with Crippen molar-refractivity contribution in [1.29, 1.82) is 0 Å². The standard InChI is InChI=1S/C14H18N2O4/c1-19-11-5-2-4-10(8-11)16-14(18)13(17)15-9-12-6-3-7-20-12/h2,4-5,8,12H,3,6-7,9H2,1H3,(H,15,17)(H,16,18)/t12-/m0/s1. The maximum absolute atomic E-state index is 11.7. The molecular formula is C14H18N2O4. The number of rotatable bonds is 4. The number of ether oxygens (including phenoxy) is 2. The summed E-state index contributed by atoms with van der Waals surface area (Å²) >= 11 is 0. The smallest absolute Gasteiger partial charge is 0.313 e. The average molecular weight is 278 g/mol. The van der Waals surface area contributed by atoms with Crippen molar-refractivity contribution in [3.63, 3.8) is 0 Å². The second kappa shape index (κ2) is 6.91. The number of benzene rings is 1. The summed E-state index contributed by atoms with van der Waals surface area (Å²) in [7, 11) is 1.54. The van der Waals surface area contributed by atoms with Crippen LogP contribution < -0.4 is 15.4 Å². The molecule has 0 bridgehead atoms. The highest BCUT2D eigenvalue weighted by molar-refractivity contribution is 6.39. The normalized spacial score (nSPS) is 17.6. The first kappa shape index (κ1) is 14.3. The maximum atomic E-state index is 11.7. The number of nitrogens with one attached hydrogen (secondary N) is 2. The van der Waals surface area contributed by atoms with Crippen LogP contribution in [0, 0.1) is 0 Å². The fourth-order valence-electron chi connectivity index (χ4n) is 1.98. The van der Waals surface area contributed by atoms with Gasteiger partial charge in [-0.1, -0.05) is 6.07 Å². The lowest BCUT2D eigenvalue weighted by atomic mass is 10.2. The average Bonchev–Trinajstić information content (AvgIpc) is 2.98. The van der Waals surface area contributed by atoms with Crippen molar-refractivity contribution in [2.75, 3.05) is 25.6 Å². The fourth-order valence-corrected chi connectivity index (χ4v) is 1.98. The van der Waals surface area contributed by atoms with E-state index in [1.165, 1.54) is 7.11 Å². The molecule has 1 heterocycles. The van der Waals surface area contributed by atoms with Crippen LogP contribution in [0.25, 0.3) is 0 Å². The summed E-state index contributed by atoms with van der Waals surface area (Å²) in [5.74, 6) is -0.748. The van der Waals surface area contributed by atoms with E-state index in [4.69, 9.17) is 9.47 Å². The molecule has 1 fully saturated rings. The van der Waals surface area contributed by atoms with Crippen molar-refractivity contribution in [3.05, 3.63) is 24.3 Å². The minimum absolute atomic E-state index is 0.0172. The molecule has 1 aromatic carbocycles. The molecule has 1 aromatic rings. The van der Waals surface area contributed by atoms with E-state index in [0.29, 0.717) is 18.0 Å². The summed E-state index contributed by atoms with van der Waals surface area (Å²) in [6.45, 7) is 1.08. The molecule has 6 heteroatoms. The van der Waals surface area contributed by atoms with E-state index in [9.17, 15) is 9.59 Å². The Morgan fingerprint density at radius 1 is 1.40 bits per heavy atom. The van der Waals surface area contributed by atoms with Gasteiger partial charge in [0.2, 0.25) is 0 Å². The molecule has 1 atom stereocenters. The molecule has 0 aromatic heterocycles. The summed E-state index contributed by atoms with van der Waals surface area (Å²) in [5.41, 5.74) is 0.515. The van der Waals surface area contributed by atoms with Crippen LogP contribution in [-0.4, -0.2) is 38.2 Å². The molecular weight excluding hydrogens is 260 g/mol. The van der Waals surface area contributed by atoms with E-state index in [1.807, 2.05) is 0 Å². The van der Waals surface area contributed by atoms with Crippen LogP contribution in [0.2, 0.25) is 0 Å². The van der Waals surface area contributed by atoms with Crippen LogP contribution in [-0.2, 0) is 14.3 Å². The Bertz CT molecular complexity index is 484. The van der Waals surface area contributed by atoms with E-state index >= 15 is 0 Å². The van der Waals surface area contributed by atoms with Crippen LogP contribution >= 0.6 is 0 Å². The van der Waals surface area contributed by atoms with Crippen LogP contribution in [0.4, 0.5) is 5.69 Å². The lowest BCUT2D eigenvalue weighted by molar-refractivity contribution is -0.136. The third-order valence-corrected chi connectivity index (χ3v) is 3.05. The highest BCUT2D eigenvalue weighted by atomic mass is 16.5. The Morgan fingerprint density at radius 3 is 2.95 bits per heavy atom. The molecule has 0 radical (unpaired) electrons. The van der Waals surface area contributed by atoms with Crippen molar-refractivity contribution in [3.8, 4) is 5.75 Å². The van der Waals surface area contributed by atoms with E-state index in [0.717, 1.165) is 19.4 Å². The van der Waals surface area contributed by atoms with Gasteiger partial charge in [0.05, 0.1) is 13.2 Å². The lowest BCUT2D eigenvalue weighted by Crippen LogP contribution is -2.39. The largest absolute Gasteiger partial charge is 0.497 e. The Hall–Kier alpha value is -2.08. The first-order chi connectivity index (χ1) is 9.69. The number of hydrogen-bond acceptors (Lipinski definition) is 4. The molecule has 108 valence electrons. The van der Waals surface area contributed by atoms with Gasteiger partial charge < -0.3 is 20.1 Å². The van der Waals surface area contributed by atoms with Gasteiger partial charge in [0.25, 0.3) is 0 Å². The predicted octanol–water partition coefficient (Wildman–Crippen LogP) is 0.929. The molecule has 0 unspecified atom stereocenters. The van der Waals surface area contributed by atoms with Crippen LogP contribution in [0.5, 0.6) is 5.75 Å². The molecule has 6 nitrogen and oxygen atoms in total. The van der Waals surface area contributed by atoms with Crippen molar-refractivity contribution >= 4 is 17.5 Å². The van der Waals surface area contributed by atoms with Crippen molar-refractivity contribution in [2.45, 2.75) is 18.9 Å². The fraction of sp³-hybridized carbons (Fsp3) is 0.429. The van der Waals surface area contributed by atoms with Gasteiger partial charge >= 0.3 is 11.8 Å². The molecule has 1 aliphatic rings. The van der Waals surface area contributed by atoms with Gasteiger partial charge in [-0.3, -0.25) is 9.59 Å². The molecule has 2 amide bonds. The monoisotopic (exact) mass is 278 g/mol. The topological polar surface area (TPSA) is 76.7 Å². The molecule has 0 saturated carbocycles. The highest BCUT2D eigenvalue weighted by Gasteiger charge is 2.19. The predicted molar refractivity (Wildman–Crippen MR) is 73.6 cm³/mol. The van der Waals surface area contributed by atoms with E-state index in [2.05, 4.69) is 10.6 Å². The summed E-state index contributed by atoms with van der Waals surface area (Å²) in [5, 5.41) is 5.09. The van der Waals surface area contributed by atoms with Gasteiger partial charge in [-0.05, 0) is 25.0 Å². The third-order valence-electron chi connectivity index (χ3n) is 3.05. The Kier molecular flexibility index (Phi) is 4.95. The second-order valence-electron chi connectivity index (χ2n) is 4.53. The summed E-state index contributed by atoms with van der Waals surface area (Å²) in [6, 6.07) is 6.82. The molecule has 0 aliphatic carbocycles. The molecule has 1 saturated heterocycles. The van der Waals surface area contributed by atoms with Gasteiger partial charge in [-0.15, -0.1) is 0 Å². The zero-order valence-electron chi connectivity index (χ0n) is 11.3. The summed E-state index contributed by atoms with van der Waals surface area (Å²) in [4.78, 5) is 23.4. The number of amides is 2. The first-order valence-electron chi connectivity index (χ1n) is 6.54. The van der Waals surface area contributed by atoms with Gasteiger partial charge in [0.15, 0.2) is 0 Å². The van der Waals surface area contributed by atoms with Gasteiger partial charge in [0.1, 0.15) is 5.75 Å². The number of methoxy groups -OCH3 is 1. The Labute approximate surface area is 117 Å². The lowest BCUT2D eigenvalue weighted by Gasteiger charge is -2.11. The third kappa shape index (κ3) is 3.96. The van der Waals surface area contributed by atoms with Crippen LogP contribution in [0.3, 0.4) is 0 Å². The highest BCUT2D eigenvalue weighted by Crippen LogP contribution is 2.16. The van der Waals surface area contributed by atoms with E-state index < -0.39 is 11.8 Å². The summed E-state index contributed by atoms with van der Waals surface area (Å²) in [6.07, 6.45) is 1.93. The molecule has 0 spiro atoms. The number of hydrogen-bond donors (Lipinski definition) is 2. The molecule has 1 aliphatic heterocycles. The number of anilines is 1. The van der Waals surface area contributed by atoms with Crippen LogP contribution in [0.15, 0.2) is 24.3 Å². The minimum atomic E-state index is -0.698. The SMILES string of the molecule is COc1cccc(NC(=O)C(=O)NC[C@@H]2CCCO2)c1. The zero-order valence-corrected chi connectivity index (χ0v) is 11.3. The quantitative estimate of drug-likeness (QED) is 0.803. The maximum Gasteiger partial charge on any atom is 0.313 e. The zero-order chi connectivity index (χ0) is 14.4. The van der Waals surface area contributed by atoms with Gasteiger partial charge in [-0.25, -0.2) is 0 Å². The second-order valence-corrected chi connectivity index (χ2v) is 4.53.